The van der Waals surface area contributed by atoms with Crippen LogP contribution >= 0.6 is 0 Å². The second-order valence-corrected chi connectivity index (χ2v) is 6.53. The van der Waals surface area contributed by atoms with Crippen LogP contribution in [0.4, 0.5) is 5.69 Å². The van der Waals surface area contributed by atoms with Crippen molar-refractivity contribution in [2.45, 2.75) is 19.4 Å². The van der Waals surface area contributed by atoms with E-state index in [1.165, 1.54) is 11.9 Å². The molecule has 0 aliphatic rings. The first kappa shape index (κ1) is 17.7. The number of nitrogens with zero attached hydrogens (tertiary/aromatic N) is 4. The zero-order chi connectivity index (χ0) is 18.5. The van der Waals surface area contributed by atoms with Gasteiger partial charge in [0, 0.05) is 31.4 Å². The minimum atomic E-state index is -0.0932. The van der Waals surface area contributed by atoms with Gasteiger partial charge in [-0.1, -0.05) is 18.2 Å². The number of hydrogen-bond acceptors (Lipinski definition) is 4. The largest absolute Gasteiger partial charge is 0.378 e. The molecule has 0 fully saturated rings. The van der Waals surface area contributed by atoms with Crippen molar-refractivity contribution in [1.82, 2.24) is 20.1 Å². The van der Waals surface area contributed by atoms with Crippen molar-refractivity contribution in [2.24, 2.45) is 0 Å². The molecule has 1 heterocycles. The predicted molar refractivity (Wildman–Crippen MR) is 103 cm³/mol. The second-order valence-electron chi connectivity index (χ2n) is 6.53. The highest BCUT2D eigenvalue weighted by molar-refractivity contribution is 5.94. The summed E-state index contributed by atoms with van der Waals surface area (Å²) in [6, 6.07) is 15.8. The van der Waals surface area contributed by atoms with Gasteiger partial charge in [0.15, 0.2) is 0 Å². The number of rotatable bonds is 6. The van der Waals surface area contributed by atoms with Gasteiger partial charge in [0.05, 0.1) is 5.69 Å². The summed E-state index contributed by atoms with van der Waals surface area (Å²) in [7, 11) is 4.04. The van der Waals surface area contributed by atoms with E-state index >= 15 is 0 Å². The van der Waals surface area contributed by atoms with Crippen molar-refractivity contribution in [1.29, 1.82) is 0 Å². The number of amides is 1. The number of nitrogens with one attached hydrogen (secondary N) is 1. The molecule has 6 nitrogen and oxygen atoms in total. The number of carbonyl (C=O) groups excluding carboxylic acids is 1. The lowest BCUT2D eigenvalue weighted by molar-refractivity contribution is 0.0940. The van der Waals surface area contributed by atoms with Gasteiger partial charge in [-0.2, -0.15) is 5.10 Å². The van der Waals surface area contributed by atoms with Gasteiger partial charge in [0.2, 0.25) is 0 Å². The molecule has 0 spiro atoms. The minimum absolute atomic E-state index is 0.0303. The quantitative estimate of drug-likeness (QED) is 0.743. The zero-order valence-electron chi connectivity index (χ0n) is 15.3. The van der Waals surface area contributed by atoms with E-state index in [9.17, 15) is 4.79 Å². The maximum absolute atomic E-state index is 12.5. The van der Waals surface area contributed by atoms with Crippen molar-refractivity contribution in [3.05, 3.63) is 72.3 Å². The standard InChI is InChI=1S/C20H23N5O/c1-15(11-16-7-9-18(10-8-16)24(2)3)23-20(26)17-5-4-6-19(12-17)25-14-21-13-22-25/h4-10,12-15H,11H2,1-3H3,(H,23,26). The lowest BCUT2D eigenvalue weighted by Gasteiger charge is -2.16. The SMILES string of the molecule is CC(Cc1ccc(N(C)C)cc1)NC(=O)c1cccc(-n2cncn2)c1. The fourth-order valence-corrected chi connectivity index (χ4v) is 2.77. The van der Waals surface area contributed by atoms with Crippen LogP contribution in [0.3, 0.4) is 0 Å². The van der Waals surface area contributed by atoms with Gasteiger partial charge >= 0.3 is 0 Å². The van der Waals surface area contributed by atoms with Crippen molar-refractivity contribution in [2.75, 3.05) is 19.0 Å². The van der Waals surface area contributed by atoms with E-state index in [4.69, 9.17) is 0 Å². The Morgan fingerprint density at radius 1 is 1.19 bits per heavy atom. The summed E-state index contributed by atoms with van der Waals surface area (Å²) in [5.74, 6) is -0.0932. The Bertz CT molecular complexity index is 856. The summed E-state index contributed by atoms with van der Waals surface area (Å²) in [4.78, 5) is 18.5. The molecule has 1 N–H and O–H groups in total. The molecule has 0 bridgehead atoms. The average Bonchev–Trinajstić information content (AvgIpc) is 3.17. The summed E-state index contributed by atoms with van der Waals surface area (Å²) >= 11 is 0. The van der Waals surface area contributed by atoms with Crippen LogP contribution in [0.1, 0.15) is 22.8 Å². The number of benzene rings is 2. The molecule has 1 aromatic heterocycles. The van der Waals surface area contributed by atoms with Crippen LogP contribution in [0.15, 0.2) is 61.2 Å². The van der Waals surface area contributed by atoms with Crippen LogP contribution in [-0.2, 0) is 6.42 Å². The van der Waals surface area contributed by atoms with Crippen LogP contribution in [0.25, 0.3) is 5.69 Å². The predicted octanol–water partition coefficient (Wildman–Crippen LogP) is 2.69. The molecule has 0 saturated carbocycles. The highest BCUT2D eigenvalue weighted by atomic mass is 16.1. The highest BCUT2D eigenvalue weighted by Gasteiger charge is 2.11. The normalized spacial score (nSPS) is 11.8. The Balaban J connectivity index is 1.63. The summed E-state index contributed by atoms with van der Waals surface area (Å²) in [5, 5.41) is 7.15. The molecule has 26 heavy (non-hydrogen) atoms. The molecule has 1 amide bonds. The molecular formula is C20H23N5O. The third-order valence-corrected chi connectivity index (χ3v) is 4.16. The lowest BCUT2D eigenvalue weighted by Crippen LogP contribution is -2.34. The number of anilines is 1. The van der Waals surface area contributed by atoms with Crippen molar-refractivity contribution in [3.63, 3.8) is 0 Å². The van der Waals surface area contributed by atoms with Crippen LogP contribution in [-0.4, -0.2) is 40.8 Å². The van der Waals surface area contributed by atoms with Crippen molar-refractivity contribution in [3.8, 4) is 5.69 Å². The Morgan fingerprint density at radius 3 is 2.62 bits per heavy atom. The monoisotopic (exact) mass is 349 g/mol. The third kappa shape index (κ3) is 4.27. The van der Waals surface area contributed by atoms with Gasteiger partial charge in [0.25, 0.3) is 5.91 Å². The van der Waals surface area contributed by atoms with Crippen LogP contribution in [0.5, 0.6) is 0 Å². The maximum atomic E-state index is 12.5. The first-order valence-corrected chi connectivity index (χ1v) is 8.55. The van der Waals surface area contributed by atoms with E-state index in [0.29, 0.717) is 5.56 Å². The number of aromatic nitrogens is 3. The van der Waals surface area contributed by atoms with E-state index in [0.717, 1.165) is 17.8 Å². The lowest BCUT2D eigenvalue weighted by atomic mass is 10.1. The first-order chi connectivity index (χ1) is 12.5. The van der Waals surface area contributed by atoms with E-state index in [-0.39, 0.29) is 11.9 Å². The maximum Gasteiger partial charge on any atom is 0.251 e. The van der Waals surface area contributed by atoms with Gasteiger partial charge in [-0.15, -0.1) is 0 Å². The fourth-order valence-electron chi connectivity index (χ4n) is 2.77. The number of hydrogen-bond donors (Lipinski definition) is 1. The topological polar surface area (TPSA) is 63.1 Å². The van der Waals surface area contributed by atoms with Gasteiger partial charge in [-0.3, -0.25) is 4.79 Å². The fraction of sp³-hybridized carbons (Fsp3) is 0.250. The van der Waals surface area contributed by atoms with Crippen molar-refractivity contribution >= 4 is 11.6 Å². The highest BCUT2D eigenvalue weighted by Crippen LogP contribution is 2.14. The molecule has 0 aliphatic carbocycles. The van der Waals surface area contributed by atoms with Crippen LogP contribution in [0, 0.1) is 0 Å². The zero-order valence-corrected chi connectivity index (χ0v) is 15.3. The molecule has 1 unspecified atom stereocenters. The molecular weight excluding hydrogens is 326 g/mol. The summed E-state index contributed by atoms with van der Waals surface area (Å²) in [6.07, 6.45) is 3.86. The molecule has 2 aromatic carbocycles. The smallest absolute Gasteiger partial charge is 0.251 e. The molecule has 1 atom stereocenters. The molecule has 0 radical (unpaired) electrons. The Kier molecular flexibility index (Phi) is 5.31. The Labute approximate surface area is 153 Å². The summed E-state index contributed by atoms with van der Waals surface area (Å²) < 4.78 is 1.63. The molecule has 6 heteroatoms. The van der Waals surface area contributed by atoms with Gasteiger partial charge in [0.1, 0.15) is 12.7 Å². The second kappa shape index (κ2) is 7.82. The molecule has 0 saturated heterocycles. The Morgan fingerprint density at radius 2 is 1.96 bits per heavy atom. The van der Waals surface area contributed by atoms with Crippen LogP contribution < -0.4 is 10.2 Å². The summed E-state index contributed by atoms with van der Waals surface area (Å²) in [5.41, 5.74) is 3.77. The number of carbonyl (C=O) groups is 1. The third-order valence-electron chi connectivity index (χ3n) is 4.16. The Hall–Kier alpha value is -3.15. The first-order valence-electron chi connectivity index (χ1n) is 8.55. The molecule has 3 rings (SSSR count). The van der Waals surface area contributed by atoms with E-state index in [1.807, 2.05) is 39.2 Å². The summed E-state index contributed by atoms with van der Waals surface area (Å²) in [6.45, 7) is 2.01. The van der Waals surface area contributed by atoms with Gasteiger partial charge in [-0.25, -0.2) is 9.67 Å². The van der Waals surface area contributed by atoms with Crippen LogP contribution in [0.2, 0.25) is 0 Å². The average molecular weight is 349 g/mol. The minimum Gasteiger partial charge on any atom is -0.378 e. The van der Waals surface area contributed by atoms with E-state index in [1.54, 1.807) is 17.1 Å². The van der Waals surface area contributed by atoms with E-state index in [2.05, 4.69) is 44.6 Å². The molecule has 3 aromatic rings. The molecule has 0 aliphatic heterocycles. The van der Waals surface area contributed by atoms with E-state index < -0.39 is 0 Å². The van der Waals surface area contributed by atoms with Gasteiger partial charge < -0.3 is 10.2 Å². The van der Waals surface area contributed by atoms with Gasteiger partial charge in [-0.05, 0) is 49.2 Å². The molecule has 134 valence electrons. The van der Waals surface area contributed by atoms with Crippen molar-refractivity contribution < 1.29 is 4.79 Å².